The van der Waals surface area contributed by atoms with E-state index in [0.717, 1.165) is 12.2 Å². The Hall–Kier alpha value is -0.120. The molecule has 2 heterocycles. The van der Waals surface area contributed by atoms with Gasteiger partial charge in [0, 0.05) is 17.8 Å². The molecule has 78 valence electrons. The van der Waals surface area contributed by atoms with Crippen LogP contribution in [0.3, 0.4) is 0 Å². The molecule has 2 rings (SSSR count). The van der Waals surface area contributed by atoms with Crippen LogP contribution in [0.5, 0.6) is 0 Å². The van der Waals surface area contributed by atoms with Gasteiger partial charge in [-0.15, -0.1) is 22.9 Å². The number of likely N-dealkylation sites (N-methyl/N-ethyl adjacent to an activating group) is 1. The van der Waals surface area contributed by atoms with Crippen LogP contribution in [0.25, 0.3) is 0 Å². The third-order valence-electron chi connectivity index (χ3n) is 2.68. The normalized spacial score (nSPS) is 24.0. The standard InChI is InChI=1S/C10H15ClN2S/c1-13-4-2-3-8(6-13)10-12-9(5-11)7-14-10/h7-8H,2-6H2,1H3. The first kappa shape index (κ1) is 10.4. The minimum absolute atomic E-state index is 0.541. The Kier molecular flexibility index (Phi) is 3.42. The molecule has 1 unspecified atom stereocenters. The molecular weight excluding hydrogens is 216 g/mol. The number of aromatic nitrogens is 1. The predicted molar refractivity (Wildman–Crippen MR) is 61.1 cm³/mol. The van der Waals surface area contributed by atoms with Gasteiger partial charge in [-0.2, -0.15) is 0 Å². The highest BCUT2D eigenvalue weighted by molar-refractivity contribution is 7.09. The quantitative estimate of drug-likeness (QED) is 0.727. The molecule has 0 aromatic carbocycles. The Labute approximate surface area is 93.9 Å². The average molecular weight is 231 g/mol. The largest absolute Gasteiger partial charge is 0.306 e. The molecule has 1 fully saturated rings. The van der Waals surface area contributed by atoms with E-state index in [1.165, 1.54) is 24.4 Å². The van der Waals surface area contributed by atoms with Crippen molar-refractivity contribution in [3.8, 4) is 0 Å². The van der Waals surface area contributed by atoms with Gasteiger partial charge in [0.2, 0.25) is 0 Å². The number of halogens is 1. The molecule has 4 heteroatoms. The molecule has 1 atom stereocenters. The molecule has 0 bridgehead atoms. The Balaban J connectivity index is 2.06. The average Bonchev–Trinajstić information content (AvgIpc) is 2.66. The first-order chi connectivity index (χ1) is 6.79. The summed E-state index contributed by atoms with van der Waals surface area (Å²) in [6.45, 7) is 2.37. The fourth-order valence-electron chi connectivity index (χ4n) is 1.94. The van der Waals surface area contributed by atoms with E-state index in [-0.39, 0.29) is 0 Å². The smallest absolute Gasteiger partial charge is 0.0972 e. The van der Waals surface area contributed by atoms with Gasteiger partial charge in [-0.05, 0) is 26.4 Å². The maximum atomic E-state index is 5.74. The van der Waals surface area contributed by atoms with Gasteiger partial charge in [0.15, 0.2) is 0 Å². The number of nitrogens with zero attached hydrogens (tertiary/aromatic N) is 2. The number of piperidine rings is 1. The molecule has 0 spiro atoms. The molecule has 1 aliphatic rings. The zero-order valence-corrected chi connectivity index (χ0v) is 9.94. The third kappa shape index (κ3) is 2.27. The van der Waals surface area contributed by atoms with Crippen molar-refractivity contribution in [1.82, 2.24) is 9.88 Å². The lowest BCUT2D eigenvalue weighted by Crippen LogP contribution is -2.30. The zero-order valence-electron chi connectivity index (χ0n) is 8.37. The van der Waals surface area contributed by atoms with E-state index >= 15 is 0 Å². The van der Waals surface area contributed by atoms with E-state index in [0.29, 0.717) is 11.8 Å². The van der Waals surface area contributed by atoms with Crippen molar-refractivity contribution in [2.45, 2.75) is 24.6 Å². The van der Waals surface area contributed by atoms with E-state index < -0.39 is 0 Å². The van der Waals surface area contributed by atoms with Crippen LogP contribution >= 0.6 is 22.9 Å². The van der Waals surface area contributed by atoms with Crippen molar-refractivity contribution in [2.75, 3.05) is 20.1 Å². The molecule has 2 nitrogen and oxygen atoms in total. The fraction of sp³-hybridized carbons (Fsp3) is 0.700. The molecule has 0 radical (unpaired) electrons. The van der Waals surface area contributed by atoms with Crippen LogP contribution in [0.15, 0.2) is 5.38 Å². The second-order valence-corrected chi connectivity index (χ2v) is 5.07. The summed E-state index contributed by atoms with van der Waals surface area (Å²) in [5.41, 5.74) is 1.03. The SMILES string of the molecule is CN1CCCC(c2nc(CCl)cs2)C1. The molecule has 0 amide bonds. The number of rotatable bonds is 2. The summed E-state index contributed by atoms with van der Waals surface area (Å²) in [5.74, 6) is 1.18. The second-order valence-electron chi connectivity index (χ2n) is 3.91. The van der Waals surface area contributed by atoms with E-state index in [4.69, 9.17) is 11.6 Å². The second kappa shape index (κ2) is 4.60. The van der Waals surface area contributed by atoms with Gasteiger partial charge in [0.25, 0.3) is 0 Å². The Morgan fingerprint density at radius 3 is 3.21 bits per heavy atom. The van der Waals surface area contributed by atoms with Crippen LogP contribution in [-0.2, 0) is 5.88 Å². The lowest BCUT2D eigenvalue weighted by atomic mass is 9.99. The third-order valence-corrected chi connectivity index (χ3v) is 4.01. The van der Waals surface area contributed by atoms with E-state index in [1.807, 2.05) is 0 Å². The maximum Gasteiger partial charge on any atom is 0.0972 e. The molecule has 1 aliphatic heterocycles. The van der Waals surface area contributed by atoms with E-state index in [9.17, 15) is 0 Å². The van der Waals surface area contributed by atoms with Crippen LogP contribution < -0.4 is 0 Å². The Morgan fingerprint density at radius 2 is 2.57 bits per heavy atom. The van der Waals surface area contributed by atoms with Gasteiger partial charge >= 0.3 is 0 Å². The molecule has 0 aliphatic carbocycles. The van der Waals surface area contributed by atoms with Crippen LogP contribution in [-0.4, -0.2) is 30.0 Å². The summed E-state index contributed by atoms with van der Waals surface area (Å²) >= 11 is 7.50. The van der Waals surface area contributed by atoms with Crippen molar-refractivity contribution in [3.05, 3.63) is 16.1 Å². The Morgan fingerprint density at radius 1 is 1.71 bits per heavy atom. The summed E-state index contributed by atoms with van der Waals surface area (Å²) in [7, 11) is 2.18. The number of hydrogen-bond acceptors (Lipinski definition) is 3. The summed E-state index contributed by atoms with van der Waals surface area (Å²) < 4.78 is 0. The number of alkyl halides is 1. The fourth-order valence-corrected chi connectivity index (χ4v) is 3.12. The predicted octanol–water partition coefficient (Wildman–Crippen LogP) is 2.69. The van der Waals surface area contributed by atoms with Crippen LogP contribution in [0.4, 0.5) is 0 Å². The van der Waals surface area contributed by atoms with Crippen LogP contribution in [0.2, 0.25) is 0 Å². The van der Waals surface area contributed by atoms with Gasteiger partial charge in [-0.3, -0.25) is 0 Å². The number of likely N-dealkylation sites (tertiary alicyclic amines) is 1. The molecule has 14 heavy (non-hydrogen) atoms. The molecule has 0 N–H and O–H groups in total. The molecule has 1 saturated heterocycles. The van der Waals surface area contributed by atoms with E-state index in [1.54, 1.807) is 11.3 Å². The zero-order chi connectivity index (χ0) is 9.97. The van der Waals surface area contributed by atoms with Crippen molar-refractivity contribution in [1.29, 1.82) is 0 Å². The minimum Gasteiger partial charge on any atom is -0.306 e. The highest BCUT2D eigenvalue weighted by Crippen LogP contribution is 2.28. The van der Waals surface area contributed by atoms with Gasteiger partial charge in [0.1, 0.15) is 0 Å². The van der Waals surface area contributed by atoms with Crippen LogP contribution in [0.1, 0.15) is 29.5 Å². The summed E-state index contributed by atoms with van der Waals surface area (Å²) in [5, 5.41) is 3.35. The van der Waals surface area contributed by atoms with Crippen molar-refractivity contribution < 1.29 is 0 Å². The van der Waals surface area contributed by atoms with Gasteiger partial charge in [-0.25, -0.2) is 4.98 Å². The topological polar surface area (TPSA) is 16.1 Å². The first-order valence-corrected chi connectivity index (χ1v) is 6.40. The van der Waals surface area contributed by atoms with Crippen molar-refractivity contribution >= 4 is 22.9 Å². The first-order valence-electron chi connectivity index (χ1n) is 4.98. The molecule has 1 aromatic rings. The monoisotopic (exact) mass is 230 g/mol. The highest BCUT2D eigenvalue weighted by Gasteiger charge is 2.21. The summed E-state index contributed by atoms with van der Waals surface area (Å²) in [6.07, 6.45) is 2.57. The number of thiazole rings is 1. The van der Waals surface area contributed by atoms with Gasteiger partial charge in [-0.1, -0.05) is 0 Å². The van der Waals surface area contributed by atoms with Crippen LogP contribution in [0, 0.1) is 0 Å². The lowest BCUT2D eigenvalue weighted by Gasteiger charge is -2.28. The molecular formula is C10H15ClN2S. The summed E-state index contributed by atoms with van der Waals surface area (Å²) in [6, 6.07) is 0. The van der Waals surface area contributed by atoms with Crippen molar-refractivity contribution in [3.63, 3.8) is 0 Å². The lowest BCUT2D eigenvalue weighted by molar-refractivity contribution is 0.250. The molecule has 0 saturated carbocycles. The van der Waals surface area contributed by atoms with Crippen molar-refractivity contribution in [2.24, 2.45) is 0 Å². The number of hydrogen-bond donors (Lipinski definition) is 0. The minimum atomic E-state index is 0.541. The Bertz CT molecular complexity index is 300. The van der Waals surface area contributed by atoms with Gasteiger partial charge < -0.3 is 4.90 Å². The maximum absolute atomic E-state index is 5.74. The van der Waals surface area contributed by atoms with Gasteiger partial charge in [0.05, 0.1) is 16.6 Å². The molecule has 1 aromatic heterocycles. The highest BCUT2D eigenvalue weighted by atomic mass is 35.5. The summed E-state index contributed by atoms with van der Waals surface area (Å²) in [4.78, 5) is 6.93. The van der Waals surface area contributed by atoms with E-state index in [2.05, 4.69) is 22.3 Å².